The van der Waals surface area contributed by atoms with E-state index in [2.05, 4.69) is 5.32 Å². The number of nitrogens with zero attached hydrogens (tertiary/aromatic N) is 2. The summed E-state index contributed by atoms with van der Waals surface area (Å²) in [6.07, 6.45) is 1.89. The summed E-state index contributed by atoms with van der Waals surface area (Å²) in [7, 11) is -3.56. The second-order valence-corrected chi connectivity index (χ2v) is 13.1. The third-order valence-electron chi connectivity index (χ3n) is 6.66. The van der Waals surface area contributed by atoms with Crippen LogP contribution in [0, 0.1) is 12.8 Å². The summed E-state index contributed by atoms with van der Waals surface area (Å²) in [5, 5.41) is 3.59. The van der Waals surface area contributed by atoms with Gasteiger partial charge in [0, 0.05) is 37.5 Å². The first-order valence-electron chi connectivity index (χ1n) is 13.8. The van der Waals surface area contributed by atoms with Crippen LogP contribution in [0.1, 0.15) is 43.4 Å². The summed E-state index contributed by atoms with van der Waals surface area (Å²) in [5.41, 5.74) is 3.29. The van der Waals surface area contributed by atoms with Crippen molar-refractivity contribution in [1.82, 2.24) is 10.2 Å². The van der Waals surface area contributed by atoms with Crippen LogP contribution in [0.3, 0.4) is 0 Å². The van der Waals surface area contributed by atoms with Crippen LogP contribution >= 0.6 is 11.6 Å². The molecule has 0 radical (unpaired) electrons. The van der Waals surface area contributed by atoms with Gasteiger partial charge in [-0.25, -0.2) is 8.42 Å². The molecule has 0 spiro atoms. The number of rotatable bonds is 14. The van der Waals surface area contributed by atoms with Gasteiger partial charge in [-0.3, -0.25) is 13.9 Å². The van der Waals surface area contributed by atoms with E-state index in [1.54, 1.807) is 23.1 Å². The van der Waals surface area contributed by atoms with Crippen LogP contribution in [-0.4, -0.2) is 50.5 Å². The summed E-state index contributed by atoms with van der Waals surface area (Å²) in [6.45, 7) is 6.80. The highest BCUT2D eigenvalue weighted by Gasteiger charge is 2.30. The third kappa shape index (κ3) is 10.2. The fourth-order valence-electron chi connectivity index (χ4n) is 4.55. The first-order valence-corrected chi connectivity index (χ1v) is 16.1. The van der Waals surface area contributed by atoms with Gasteiger partial charge in [-0.15, -0.1) is 0 Å². The molecule has 220 valence electrons. The standard InChI is InChI=1S/C32H40ClN3O4S/c1-24(2)22-34-32(38)30(21-26-11-6-5-7-12-26)35(23-27-15-17-28(33)18-16-27)31(37)14-9-19-36(41(4,39)40)29-13-8-10-25(3)20-29/h5-8,10-13,15-18,20,24,30H,9,14,19,21-23H2,1-4H3,(H,34,38)/t30-/m0/s1. The minimum atomic E-state index is -3.56. The molecule has 0 bridgehead atoms. The van der Waals surface area contributed by atoms with Crippen molar-refractivity contribution in [3.63, 3.8) is 0 Å². The second-order valence-electron chi connectivity index (χ2n) is 10.8. The minimum absolute atomic E-state index is 0.0776. The van der Waals surface area contributed by atoms with Crippen LogP contribution in [-0.2, 0) is 32.6 Å². The van der Waals surface area contributed by atoms with Crippen molar-refractivity contribution in [1.29, 1.82) is 0 Å². The van der Waals surface area contributed by atoms with Crippen LogP contribution in [0.5, 0.6) is 0 Å². The number of sulfonamides is 1. The molecule has 1 atom stereocenters. The molecular formula is C32H40ClN3O4S. The fourth-order valence-corrected chi connectivity index (χ4v) is 5.63. The van der Waals surface area contributed by atoms with Gasteiger partial charge in [0.25, 0.3) is 0 Å². The molecule has 3 aromatic rings. The summed E-state index contributed by atoms with van der Waals surface area (Å²) in [4.78, 5) is 29.0. The zero-order chi connectivity index (χ0) is 30.0. The van der Waals surface area contributed by atoms with E-state index in [4.69, 9.17) is 11.6 Å². The van der Waals surface area contributed by atoms with Crippen LogP contribution in [0.2, 0.25) is 5.02 Å². The van der Waals surface area contributed by atoms with Crippen molar-refractivity contribution in [2.24, 2.45) is 5.92 Å². The Bertz CT molecular complexity index is 1400. The van der Waals surface area contributed by atoms with Crippen molar-refractivity contribution in [3.8, 4) is 0 Å². The number of amides is 2. The molecule has 0 heterocycles. The average molecular weight is 598 g/mol. The number of hydrogen-bond donors (Lipinski definition) is 1. The highest BCUT2D eigenvalue weighted by Crippen LogP contribution is 2.21. The predicted molar refractivity (Wildman–Crippen MR) is 166 cm³/mol. The van der Waals surface area contributed by atoms with Crippen molar-refractivity contribution in [2.75, 3.05) is 23.7 Å². The van der Waals surface area contributed by atoms with Crippen molar-refractivity contribution in [3.05, 3.63) is 101 Å². The molecule has 0 unspecified atom stereocenters. The van der Waals surface area contributed by atoms with Gasteiger partial charge < -0.3 is 10.2 Å². The molecule has 7 nitrogen and oxygen atoms in total. The summed E-state index contributed by atoms with van der Waals surface area (Å²) in [5.74, 6) is -0.194. The molecule has 0 aliphatic heterocycles. The molecule has 41 heavy (non-hydrogen) atoms. The predicted octanol–water partition coefficient (Wildman–Crippen LogP) is 5.61. The van der Waals surface area contributed by atoms with Gasteiger partial charge in [0.15, 0.2) is 0 Å². The molecule has 3 rings (SSSR count). The molecule has 0 aromatic heterocycles. The molecule has 0 aliphatic rings. The molecule has 3 aromatic carbocycles. The first-order chi connectivity index (χ1) is 19.4. The number of anilines is 1. The topological polar surface area (TPSA) is 86.8 Å². The molecule has 0 aliphatic carbocycles. The highest BCUT2D eigenvalue weighted by atomic mass is 35.5. The van der Waals surface area contributed by atoms with E-state index in [1.165, 1.54) is 10.6 Å². The number of aryl methyl sites for hydroxylation is 1. The van der Waals surface area contributed by atoms with Crippen LogP contribution < -0.4 is 9.62 Å². The Balaban J connectivity index is 1.87. The van der Waals surface area contributed by atoms with E-state index < -0.39 is 16.1 Å². The van der Waals surface area contributed by atoms with E-state index in [-0.39, 0.29) is 37.2 Å². The summed E-state index contributed by atoms with van der Waals surface area (Å²) >= 11 is 6.10. The molecule has 0 saturated carbocycles. The Hall–Kier alpha value is -3.36. The monoisotopic (exact) mass is 597 g/mol. The Morgan fingerprint density at radius 3 is 2.22 bits per heavy atom. The lowest BCUT2D eigenvalue weighted by molar-refractivity contribution is -0.141. The minimum Gasteiger partial charge on any atom is -0.354 e. The highest BCUT2D eigenvalue weighted by molar-refractivity contribution is 7.92. The Morgan fingerprint density at radius 2 is 1.61 bits per heavy atom. The maximum Gasteiger partial charge on any atom is 0.243 e. The average Bonchev–Trinajstić information content (AvgIpc) is 2.92. The van der Waals surface area contributed by atoms with Gasteiger partial charge in [0.2, 0.25) is 21.8 Å². The van der Waals surface area contributed by atoms with Gasteiger partial charge in [-0.05, 0) is 60.2 Å². The molecule has 1 N–H and O–H groups in total. The van der Waals surface area contributed by atoms with E-state index in [1.807, 2.05) is 81.4 Å². The zero-order valence-corrected chi connectivity index (χ0v) is 25.8. The maximum absolute atomic E-state index is 13.9. The molecule has 2 amide bonds. The number of nitrogens with one attached hydrogen (secondary N) is 1. The van der Waals surface area contributed by atoms with Gasteiger partial charge in [0.1, 0.15) is 6.04 Å². The first kappa shape index (κ1) is 32.2. The largest absolute Gasteiger partial charge is 0.354 e. The van der Waals surface area contributed by atoms with E-state index in [9.17, 15) is 18.0 Å². The third-order valence-corrected chi connectivity index (χ3v) is 8.11. The van der Waals surface area contributed by atoms with Gasteiger partial charge in [0.05, 0.1) is 11.9 Å². The number of halogens is 1. The fraction of sp³-hybridized carbons (Fsp3) is 0.375. The normalized spacial score (nSPS) is 12.1. The Kier molecular flexibility index (Phi) is 11.8. The van der Waals surface area contributed by atoms with Gasteiger partial charge in [-0.2, -0.15) is 0 Å². The number of carbonyl (C=O) groups excluding carboxylic acids is 2. The molecular weight excluding hydrogens is 558 g/mol. The Morgan fingerprint density at radius 1 is 0.927 bits per heavy atom. The van der Waals surface area contributed by atoms with Gasteiger partial charge >= 0.3 is 0 Å². The lowest BCUT2D eigenvalue weighted by Crippen LogP contribution is -2.51. The number of hydrogen-bond acceptors (Lipinski definition) is 4. The van der Waals surface area contributed by atoms with E-state index >= 15 is 0 Å². The van der Waals surface area contributed by atoms with Crippen molar-refractivity contribution in [2.45, 2.75) is 52.6 Å². The second kappa shape index (κ2) is 15.0. The van der Waals surface area contributed by atoms with E-state index in [0.29, 0.717) is 30.1 Å². The quantitative estimate of drug-likeness (QED) is 0.262. The van der Waals surface area contributed by atoms with Crippen LogP contribution in [0.25, 0.3) is 0 Å². The molecule has 0 fully saturated rings. The van der Waals surface area contributed by atoms with Crippen molar-refractivity contribution < 1.29 is 18.0 Å². The molecule has 0 saturated heterocycles. The Labute approximate surface area is 249 Å². The number of benzene rings is 3. The lowest BCUT2D eigenvalue weighted by atomic mass is 10.0. The van der Waals surface area contributed by atoms with Gasteiger partial charge in [-0.1, -0.05) is 80.0 Å². The smallest absolute Gasteiger partial charge is 0.243 e. The number of carbonyl (C=O) groups is 2. The van der Waals surface area contributed by atoms with E-state index in [0.717, 1.165) is 16.7 Å². The summed E-state index contributed by atoms with van der Waals surface area (Å²) < 4.78 is 26.6. The SMILES string of the molecule is Cc1cccc(N(CCCC(=O)N(Cc2ccc(Cl)cc2)[C@@H](Cc2ccccc2)C(=O)NCC(C)C)S(C)(=O)=O)c1. The van der Waals surface area contributed by atoms with Crippen LogP contribution in [0.15, 0.2) is 78.9 Å². The lowest BCUT2D eigenvalue weighted by Gasteiger charge is -2.32. The van der Waals surface area contributed by atoms with Crippen molar-refractivity contribution >= 4 is 39.1 Å². The van der Waals surface area contributed by atoms with Crippen LogP contribution in [0.4, 0.5) is 5.69 Å². The molecule has 9 heteroatoms. The maximum atomic E-state index is 13.9. The summed E-state index contributed by atoms with van der Waals surface area (Å²) in [6, 6.07) is 23.4. The zero-order valence-electron chi connectivity index (χ0n) is 24.2.